The second-order valence-electron chi connectivity index (χ2n) is 4.69. The van der Waals surface area contributed by atoms with Gasteiger partial charge in [-0.2, -0.15) is 0 Å². The fourth-order valence-corrected chi connectivity index (χ4v) is 2.41. The summed E-state index contributed by atoms with van der Waals surface area (Å²) in [5.74, 6) is -0.773. The number of ketones is 1. The molecule has 0 bridgehead atoms. The van der Waals surface area contributed by atoms with Gasteiger partial charge in [-0.05, 0) is 36.4 Å². The van der Waals surface area contributed by atoms with Gasteiger partial charge in [-0.15, -0.1) is 0 Å². The lowest BCUT2D eigenvalue weighted by atomic mass is 10.1. The second-order valence-corrected chi connectivity index (χ2v) is 4.69. The largest absolute Gasteiger partial charge is 0.395 e. The molecular formula is C16H12FN3O2. The van der Waals surface area contributed by atoms with Crippen LogP contribution in [0.4, 0.5) is 15.8 Å². The van der Waals surface area contributed by atoms with Crippen molar-refractivity contribution in [3.8, 4) is 0 Å². The van der Waals surface area contributed by atoms with Crippen molar-refractivity contribution >= 4 is 29.1 Å². The van der Waals surface area contributed by atoms with Crippen LogP contribution in [-0.2, 0) is 4.79 Å². The van der Waals surface area contributed by atoms with Gasteiger partial charge in [0.25, 0.3) is 0 Å². The minimum atomic E-state index is -0.423. The normalized spacial score (nSPS) is 10.6. The SMILES string of the molecule is Nc1c(NC=O)c2ccccn2c1C(=O)c1ccc(F)cc1. The lowest BCUT2D eigenvalue weighted by molar-refractivity contribution is -0.105. The number of carbonyl (C=O) groups is 2. The Morgan fingerprint density at radius 1 is 1.18 bits per heavy atom. The molecule has 0 aliphatic heterocycles. The highest BCUT2D eigenvalue weighted by Crippen LogP contribution is 2.32. The topological polar surface area (TPSA) is 76.6 Å². The first kappa shape index (κ1) is 13.8. The molecule has 3 rings (SSSR count). The third-order valence-electron chi connectivity index (χ3n) is 3.41. The van der Waals surface area contributed by atoms with E-state index in [4.69, 9.17) is 5.73 Å². The molecule has 0 fully saturated rings. The molecule has 0 saturated carbocycles. The molecule has 2 heterocycles. The van der Waals surface area contributed by atoms with Gasteiger partial charge in [0.15, 0.2) is 0 Å². The number of nitrogens with zero attached hydrogens (tertiary/aromatic N) is 1. The highest BCUT2D eigenvalue weighted by atomic mass is 19.1. The summed E-state index contributed by atoms with van der Waals surface area (Å²) in [5, 5.41) is 2.52. The van der Waals surface area contributed by atoms with Crippen LogP contribution < -0.4 is 11.1 Å². The molecule has 1 amide bonds. The molecule has 3 aromatic rings. The number of halogens is 1. The van der Waals surface area contributed by atoms with E-state index in [1.165, 1.54) is 24.3 Å². The van der Waals surface area contributed by atoms with E-state index < -0.39 is 5.82 Å². The average Bonchev–Trinajstić information content (AvgIpc) is 2.80. The number of pyridine rings is 1. The molecule has 5 nitrogen and oxygen atoms in total. The summed E-state index contributed by atoms with van der Waals surface area (Å²) in [6, 6.07) is 10.5. The number of carbonyl (C=O) groups excluding carboxylic acids is 2. The molecule has 110 valence electrons. The van der Waals surface area contributed by atoms with Crippen molar-refractivity contribution in [3.63, 3.8) is 0 Å². The van der Waals surface area contributed by atoms with Crippen LogP contribution in [-0.4, -0.2) is 16.6 Å². The summed E-state index contributed by atoms with van der Waals surface area (Å²) in [4.78, 5) is 23.4. The summed E-state index contributed by atoms with van der Waals surface area (Å²) in [7, 11) is 0. The third kappa shape index (κ3) is 2.10. The molecule has 1 aromatic carbocycles. The number of amides is 1. The first-order valence-electron chi connectivity index (χ1n) is 6.52. The molecule has 2 aromatic heterocycles. The Morgan fingerprint density at radius 2 is 1.91 bits per heavy atom. The maximum atomic E-state index is 13.0. The smallest absolute Gasteiger partial charge is 0.211 e. The molecule has 22 heavy (non-hydrogen) atoms. The number of nitrogen functional groups attached to an aromatic ring is 1. The number of nitrogens with one attached hydrogen (secondary N) is 1. The van der Waals surface area contributed by atoms with Gasteiger partial charge in [0.05, 0.1) is 16.9 Å². The van der Waals surface area contributed by atoms with Gasteiger partial charge < -0.3 is 15.5 Å². The van der Waals surface area contributed by atoms with Crippen molar-refractivity contribution in [2.45, 2.75) is 0 Å². The van der Waals surface area contributed by atoms with Crippen molar-refractivity contribution in [1.29, 1.82) is 0 Å². The number of rotatable bonds is 4. The van der Waals surface area contributed by atoms with E-state index >= 15 is 0 Å². The zero-order valence-electron chi connectivity index (χ0n) is 11.4. The van der Waals surface area contributed by atoms with E-state index in [1.807, 2.05) is 0 Å². The minimum Gasteiger partial charge on any atom is -0.395 e. The highest BCUT2D eigenvalue weighted by molar-refractivity contribution is 6.15. The van der Waals surface area contributed by atoms with Crippen LogP contribution in [0.5, 0.6) is 0 Å². The Kier molecular flexibility index (Phi) is 3.34. The molecule has 0 radical (unpaired) electrons. The lowest BCUT2D eigenvalue weighted by Gasteiger charge is -2.03. The van der Waals surface area contributed by atoms with Gasteiger partial charge in [0.2, 0.25) is 12.2 Å². The van der Waals surface area contributed by atoms with E-state index in [2.05, 4.69) is 5.32 Å². The summed E-state index contributed by atoms with van der Waals surface area (Å²) >= 11 is 0. The predicted molar refractivity (Wildman–Crippen MR) is 81.3 cm³/mol. The van der Waals surface area contributed by atoms with Gasteiger partial charge in [-0.1, -0.05) is 6.07 Å². The van der Waals surface area contributed by atoms with E-state index in [-0.39, 0.29) is 17.2 Å². The molecular weight excluding hydrogens is 285 g/mol. The van der Waals surface area contributed by atoms with Crippen LogP contribution >= 0.6 is 0 Å². The van der Waals surface area contributed by atoms with Gasteiger partial charge in [0.1, 0.15) is 11.5 Å². The van der Waals surface area contributed by atoms with Crippen LogP contribution in [0, 0.1) is 5.82 Å². The zero-order valence-corrected chi connectivity index (χ0v) is 11.4. The number of hydrogen-bond acceptors (Lipinski definition) is 3. The Labute approximate surface area is 125 Å². The van der Waals surface area contributed by atoms with Gasteiger partial charge >= 0.3 is 0 Å². The van der Waals surface area contributed by atoms with Crippen LogP contribution in [0.25, 0.3) is 5.52 Å². The maximum Gasteiger partial charge on any atom is 0.211 e. The number of nitrogens with two attached hydrogens (primary N) is 1. The van der Waals surface area contributed by atoms with E-state index in [1.54, 1.807) is 28.8 Å². The standard InChI is InChI=1S/C16H12FN3O2/c17-11-6-4-10(5-7-11)16(22)15-13(18)14(19-9-21)12-3-1-2-8-20(12)15/h1-9H,18H2,(H,19,21). The molecule has 0 spiro atoms. The third-order valence-corrected chi connectivity index (χ3v) is 3.41. The zero-order chi connectivity index (χ0) is 15.7. The van der Waals surface area contributed by atoms with E-state index in [9.17, 15) is 14.0 Å². The summed E-state index contributed by atoms with van der Waals surface area (Å²) < 4.78 is 14.6. The number of hydrogen-bond donors (Lipinski definition) is 2. The Hall–Kier alpha value is -3.15. The highest BCUT2D eigenvalue weighted by Gasteiger charge is 2.22. The van der Waals surface area contributed by atoms with Crippen molar-refractivity contribution in [3.05, 3.63) is 65.7 Å². The molecule has 3 N–H and O–H groups in total. The fraction of sp³-hybridized carbons (Fsp3) is 0. The quantitative estimate of drug-likeness (QED) is 0.573. The first-order valence-corrected chi connectivity index (χ1v) is 6.52. The minimum absolute atomic E-state index is 0.174. The summed E-state index contributed by atoms with van der Waals surface area (Å²) in [5.41, 5.74) is 7.73. The van der Waals surface area contributed by atoms with Gasteiger partial charge in [0, 0.05) is 11.8 Å². The summed E-state index contributed by atoms with van der Waals surface area (Å²) in [6.07, 6.45) is 2.18. The van der Waals surface area contributed by atoms with Crippen molar-refractivity contribution in [2.75, 3.05) is 11.1 Å². The van der Waals surface area contributed by atoms with Gasteiger partial charge in [-0.3, -0.25) is 9.59 Å². The molecule has 6 heteroatoms. The molecule has 0 aliphatic rings. The average molecular weight is 297 g/mol. The summed E-state index contributed by atoms with van der Waals surface area (Å²) in [6.45, 7) is 0. The monoisotopic (exact) mass is 297 g/mol. The number of fused-ring (bicyclic) bond motifs is 1. The van der Waals surface area contributed by atoms with Crippen LogP contribution in [0.15, 0.2) is 48.7 Å². The number of anilines is 2. The molecule has 0 unspecified atom stereocenters. The maximum absolute atomic E-state index is 13.0. The van der Waals surface area contributed by atoms with Crippen LogP contribution in [0.2, 0.25) is 0 Å². The predicted octanol–water partition coefficient (Wildman–Crippen LogP) is 2.46. The number of benzene rings is 1. The Bertz CT molecular complexity index is 869. The molecule has 0 atom stereocenters. The van der Waals surface area contributed by atoms with Crippen LogP contribution in [0.3, 0.4) is 0 Å². The van der Waals surface area contributed by atoms with Crippen molar-refractivity contribution in [2.24, 2.45) is 0 Å². The van der Waals surface area contributed by atoms with E-state index in [0.29, 0.717) is 23.2 Å². The Morgan fingerprint density at radius 3 is 2.59 bits per heavy atom. The molecule has 0 aliphatic carbocycles. The number of aromatic nitrogens is 1. The Balaban J connectivity index is 2.22. The molecule has 0 saturated heterocycles. The van der Waals surface area contributed by atoms with Crippen LogP contribution in [0.1, 0.15) is 16.1 Å². The lowest BCUT2D eigenvalue weighted by Crippen LogP contribution is -2.08. The second kappa shape index (κ2) is 5.33. The van der Waals surface area contributed by atoms with Crippen molar-refractivity contribution < 1.29 is 14.0 Å². The fourth-order valence-electron chi connectivity index (χ4n) is 2.41. The van der Waals surface area contributed by atoms with E-state index in [0.717, 1.165) is 0 Å². The first-order chi connectivity index (χ1) is 10.6. The van der Waals surface area contributed by atoms with Gasteiger partial charge in [-0.25, -0.2) is 4.39 Å². The van der Waals surface area contributed by atoms with Crippen molar-refractivity contribution in [1.82, 2.24) is 4.40 Å².